The predicted octanol–water partition coefficient (Wildman–Crippen LogP) is 3.45. The lowest BCUT2D eigenvalue weighted by molar-refractivity contribution is -0.159. The summed E-state index contributed by atoms with van der Waals surface area (Å²) in [5.41, 5.74) is 0.815. The van der Waals surface area contributed by atoms with Crippen LogP contribution in [0.4, 0.5) is 0 Å². The SMILES string of the molecule is COC(=O)CC1(OCc2cccc(Br)c2)CCC1. The van der Waals surface area contributed by atoms with Gasteiger partial charge in [0.1, 0.15) is 0 Å². The Bertz CT molecular complexity index is 427. The minimum Gasteiger partial charge on any atom is -0.469 e. The van der Waals surface area contributed by atoms with E-state index in [1.165, 1.54) is 7.11 Å². The standard InChI is InChI=1S/C14H17BrO3/c1-17-13(16)9-14(6-3-7-14)18-10-11-4-2-5-12(15)8-11/h2,4-5,8H,3,6-7,9-10H2,1H3. The van der Waals surface area contributed by atoms with Crippen molar-refractivity contribution in [3.63, 3.8) is 0 Å². The molecule has 1 aliphatic rings. The molecule has 0 atom stereocenters. The van der Waals surface area contributed by atoms with E-state index in [4.69, 9.17) is 9.47 Å². The fourth-order valence-electron chi connectivity index (χ4n) is 2.14. The van der Waals surface area contributed by atoms with Gasteiger partial charge < -0.3 is 9.47 Å². The van der Waals surface area contributed by atoms with Gasteiger partial charge in [-0.15, -0.1) is 0 Å². The number of carbonyl (C=O) groups excluding carboxylic acids is 1. The van der Waals surface area contributed by atoms with Crippen molar-refractivity contribution in [3.05, 3.63) is 34.3 Å². The number of rotatable bonds is 5. The van der Waals surface area contributed by atoms with Crippen molar-refractivity contribution in [2.75, 3.05) is 7.11 Å². The topological polar surface area (TPSA) is 35.5 Å². The largest absolute Gasteiger partial charge is 0.469 e. The second kappa shape index (κ2) is 5.85. The third-order valence-electron chi connectivity index (χ3n) is 3.39. The molecule has 3 nitrogen and oxygen atoms in total. The van der Waals surface area contributed by atoms with Crippen LogP contribution in [0.25, 0.3) is 0 Å². The Labute approximate surface area is 116 Å². The van der Waals surface area contributed by atoms with Crippen LogP contribution in [0.1, 0.15) is 31.2 Å². The first-order chi connectivity index (χ1) is 8.63. The van der Waals surface area contributed by atoms with Crippen molar-refractivity contribution in [3.8, 4) is 0 Å². The van der Waals surface area contributed by atoms with Gasteiger partial charge in [-0.2, -0.15) is 0 Å². The van der Waals surface area contributed by atoms with Crippen molar-refractivity contribution in [1.29, 1.82) is 0 Å². The van der Waals surface area contributed by atoms with Crippen molar-refractivity contribution >= 4 is 21.9 Å². The second-order valence-corrected chi connectivity index (χ2v) is 5.62. The maximum atomic E-state index is 11.4. The lowest BCUT2D eigenvalue weighted by Gasteiger charge is -2.40. The van der Waals surface area contributed by atoms with E-state index in [1.54, 1.807) is 0 Å². The molecule has 0 N–H and O–H groups in total. The minimum atomic E-state index is -0.296. The van der Waals surface area contributed by atoms with E-state index in [2.05, 4.69) is 15.9 Å². The molecular formula is C14H17BrO3. The molecule has 0 aliphatic heterocycles. The summed E-state index contributed by atoms with van der Waals surface area (Å²) in [5.74, 6) is -0.191. The Kier molecular flexibility index (Phi) is 4.40. The number of carbonyl (C=O) groups is 1. The van der Waals surface area contributed by atoms with Gasteiger partial charge in [0.2, 0.25) is 0 Å². The zero-order valence-corrected chi connectivity index (χ0v) is 12.0. The van der Waals surface area contributed by atoms with E-state index in [1.807, 2.05) is 24.3 Å². The molecule has 0 bridgehead atoms. The smallest absolute Gasteiger partial charge is 0.308 e. The van der Waals surface area contributed by atoms with Crippen LogP contribution in [-0.2, 0) is 20.9 Å². The molecule has 0 aromatic heterocycles. The first kappa shape index (κ1) is 13.6. The van der Waals surface area contributed by atoms with E-state index < -0.39 is 0 Å². The van der Waals surface area contributed by atoms with Gasteiger partial charge in [-0.1, -0.05) is 28.1 Å². The van der Waals surface area contributed by atoms with E-state index in [0.29, 0.717) is 13.0 Å². The average Bonchev–Trinajstić information content (AvgIpc) is 2.32. The Hall–Kier alpha value is -0.870. The summed E-state index contributed by atoms with van der Waals surface area (Å²) in [6.07, 6.45) is 3.36. The minimum absolute atomic E-state index is 0.191. The van der Waals surface area contributed by atoms with Gasteiger partial charge in [-0.05, 0) is 37.0 Å². The molecule has 1 saturated carbocycles. The van der Waals surface area contributed by atoms with Gasteiger partial charge >= 0.3 is 5.97 Å². The van der Waals surface area contributed by atoms with Crippen LogP contribution in [0.5, 0.6) is 0 Å². The normalized spacial score (nSPS) is 17.0. The van der Waals surface area contributed by atoms with Crippen molar-refractivity contribution < 1.29 is 14.3 Å². The van der Waals surface area contributed by atoms with Crippen LogP contribution in [0.3, 0.4) is 0 Å². The number of esters is 1. The van der Waals surface area contributed by atoms with Gasteiger partial charge in [0.15, 0.2) is 0 Å². The summed E-state index contributed by atoms with van der Waals surface area (Å²) in [6.45, 7) is 0.538. The number of hydrogen-bond acceptors (Lipinski definition) is 3. The molecule has 98 valence electrons. The Morgan fingerprint density at radius 2 is 2.22 bits per heavy atom. The summed E-state index contributed by atoms with van der Waals surface area (Å²) in [5, 5.41) is 0. The first-order valence-electron chi connectivity index (χ1n) is 6.09. The van der Waals surface area contributed by atoms with Crippen molar-refractivity contribution in [2.24, 2.45) is 0 Å². The highest BCUT2D eigenvalue weighted by Crippen LogP contribution is 2.39. The highest BCUT2D eigenvalue weighted by atomic mass is 79.9. The molecule has 1 aliphatic carbocycles. The highest BCUT2D eigenvalue weighted by Gasteiger charge is 2.40. The van der Waals surface area contributed by atoms with Crippen LogP contribution in [0.2, 0.25) is 0 Å². The predicted molar refractivity (Wildman–Crippen MR) is 72.1 cm³/mol. The fourth-order valence-corrected chi connectivity index (χ4v) is 2.59. The summed E-state index contributed by atoms with van der Waals surface area (Å²) >= 11 is 3.44. The lowest BCUT2D eigenvalue weighted by atomic mass is 9.77. The van der Waals surface area contributed by atoms with Crippen LogP contribution >= 0.6 is 15.9 Å². The monoisotopic (exact) mass is 312 g/mol. The maximum absolute atomic E-state index is 11.4. The highest BCUT2D eigenvalue weighted by molar-refractivity contribution is 9.10. The number of halogens is 1. The van der Waals surface area contributed by atoms with Gasteiger partial charge in [-0.3, -0.25) is 4.79 Å². The zero-order chi connectivity index (χ0) is 13.0. The molecule has 0 spiro atoms. The summed E-state index contributed by atoms with van der Waals surface area (Å²) in [4.78, 5) is 11.4. The third-order valence-corrected chi connectivity index (χ3v) is 3.89. The quantitative estimate of drug-likeness (QED) is 0.781. The molecule has 1 aromatic carbocycles. The van der Waals surface area contributed by atoms with Gasteiger partial charge in [-0.25, -0.2) is 0 Å². The molecule has 0 amide bonds. The zero-order valence-electron chi connectivity index (χ0n) is 10.4. The molecule has 1 fully saturated rings. The van der Waals surface area contributed by atoms with Crippen LogP contribution in [-0.4, -0.2) is 18.7 Å². The van der Waals surface area contributed by atoms with Crippen LogP contribution in [0, 0.1) is 0 Å². The fraction of sp³-hybridized carbons (Fsp3) is 0.500. The van der Waals surface area contributed by atoms with E-state index in [9.17, 15) is 4.79 Å². The molecule has 1 aromatic rings. The molecule has 0 radical (unpaired) electrons. The van der Waals surface area contributed by atoms with Gasteiger partial charge in [0.05, 0.1) is 25.7 Å². The van der Waals surface area contributed by atoms with Crippen molar-refractivity contribution in [1.82, 2.24) is 0 Å². The summed E-state index contributed by atoms with van der Waals surface area (Å²) < 4.78 is 11.7. The van der Waals surface area contributed by atoms with Gasteiger partial charge in [0.25, 0.3) is 0 Å². The first-order valence-corrected chi connectivity index (χ1v) is 6.88. The van der Waals surface area contributed by atoms with E-state index in [-0.39, 0.29) is 11.6 Å². The third kappa shape index (κ3) is 3.33. The molecule has 0 heterocycles. The van der Waals surface area contributed by atoms with E-state index >= 15 is 0 Å². The molecule has 2 rings (SSSR count). The lowest BCUT2D eigenvalue weighted by Crippen LogP contribution is -2.42. The summed E-state index contributed by atoms with van der Waals surface area (Å²) in [7, 11) is 1.42. The van der Waals surface area contributed by atoms with E-state index in [0.717, 1.165) is 29.3 Å². The molecule has 4 heteroatoms. The molecule has 0 unspecified atom stereocenters. The van der Waals surface area contributed by atoms with Crippen LogP contribution in [0.15, 0.2) is 28.7 Å². The Balaban J connectivity index is 1.93. The molecule has 0 saturated heterocycles. The average molecular weight is 313 g/mol. The second-order valence-electron chi connectivity index (χ2n) is 4.71. The summed E-state index contributed by atoms with van der Waals surface area (Å²) in [6, 6.07) is 8.02. The number of ether oxygens (including phenoxy) is 2. The number of methoxy groups -OCH3 is 1. The number of benzene rings is 1. The Morgan fingerprint density at radius 3 is 2.78 bits per heavy atom. The number of hydrogen-bond donors (Lipinski definition) is 0. The molecular weight excluding hydrogens is 296 g/mol. The molecule has 18 heavy (non-hydrogen) atoms. The Morgan fingerprint density at radius 1 is 1.44 bits per heavy atom. The maximum Gasteiger partial charge on any atom is 0.308 e. The van der Waals surface area contributed by atoms with Crippen LogP contribution < -0.4 is 0 Å². The van der Waals surface area contributed by atoms with Crippen molar-refractivity contribution in [2.45, 2.75) is 37.9 Å². The van der Waals surface area contributed by atoms with Gasteiger partial charge in [0, 0.05) is 4.47 Å².